The highest BCUT2D eigenvalue weighted by molar-refractivity contribution is 9.09. The molecule has 2 N–H and O–H groups in total. The molecule has 1 heterocycles. The Balaban J connectivity index is 1.63. The van der Waals surface area contributed by atoms with Gasteiger partial charge in [0, 0.05) is 5.71 Å². The number of carboxylic acids is 1. The lowest BCUT2D eigenvalue weighted by atomic mass is 9.67. The van der Waals surface area contributed by atoms with Crippen molar-refractivity contribution in [2.45, 2.75) is 49.4 Å². The summed E-state index contributed by atoms with van der Waals surface area (Å²) in [4.78, 5) is 10.7. The average molecular weight is 423 g/mol. The number of carboxylic acid groups (broad SMARTS) is 1. The van der Waals surface area contributed by atoms with Crippen LogP contribution in [0.1, 0.15) is 44.6 Å². The van der Waals surface area contributed by atoms with Crippen molar-refractivity contribution in [2.24, 2.45) is 16.9 Å². The van der Waals surface area contributed by atoms with Gasteiger partial charge >= 0.3 is 5.97 Å². The molecule has 0 aromatic heterocycles. The fraction of sp³-hybridized carbons (Fsp3) is 0.600. The van der Waals surface area contributed by atoms with Crippen LogP contribution in [0.3, 0.4) is 0 Å². The molecule has 5 nitrogen and oxygen atoms in total. The summed E-state index contributed by atoms with van der Waals surface area (Å²) in [6.45, 7) is 2.49. The maximum Gasteiger partial charge on any atom is 0.329 e. The van der Waals surface area contributed by atoms with E-state index in [4.69, 9.17) is 9.84 Å². The molecule has 1 aliphatic carbocycles. The van der Waals surface area contributed by atoms with Crippen LogP contribution >= 0.6 is 15.9 Å². The second kappa shape index (κ2) is 8.53. The minimum Gasteiger partial charge on any atom is -0.480 e. The third kappa shape index (κ3) is 4.12. The van der Waals surface area contributed by atoms with Crippen molar-refractivity contribution in [3.05, 3.63) is 35.9 Å². The maximum absolute atomic E-state index is 10.6. The second-order valence-corrected chi connectivity index (χ2v) is 8.44. The normalized spacial score (nSPS) is 31.3. The maximum atomic E-state index is 10.6. The van der Waals surface area contributed by atoms with Gasteiger partial charge in [-0.2, -0.15) is 5.10 Å². The van der Waals surface area contributed by atoms with Crippen LogP contribution in [0, 0.1) is 11.8 Å². The fourth-order valence-electron chi connectivity index (χ4n) is 4.38. The summed E-state index contributed by atoms with van der Waals surface area (Å²) in [6.07, 6.45) is 5.58. The summed E-state index contributed by atoms with van der Waals surface area (Å²) in [6, 6.07) is 10.6. The number of benzene rings is 1. The first-order valence-electron chi connectivity index (χ1n) is 9.32. The highest BCUT2D eigenvalue weighted by atomic mass is 79.9. The number of aliphatic carboxylic acids is 1. The van der Waals surface area contributed by atoms with Crippen molar-refractivity contribution >= 4 is 27.6 Å². The minimum atomic E-state index is -0.893. The van der Waals surface area contributed by atoms with Gasteiger partial charge in [-0.3, -0.25) is 5.43 Å². The number of alkyl halides is 1. The lowest BCUT2D eigenvalue weighted by Crippen LogP contribution is -2.44. The van der Waals surface area contributed by atoms with Crippen LogP contribution in [0.2, 0.25) is 0 Å². The Hall–Kier alpha value is -1.40. The number of hydrazone groups is 1. The largest absolute Gasteiger partial charge is 0.480 e. The Morgan fingerprint density at radius 2 is 1.92 bits per heavy atom. The van der Waals surface area contributed by atoms with Gasteiger partial charge in [-0.05, 0) is 43.6 Å². The van der Waals surface area contributed by atoms with Gasteiger partial charge in [-0.1, -0.05) is 59.1 Å². The van der Waals surface area contributed by atoms with Gasteiger partial charge in [0.1, 0.15) is 11.6 Å². The third-order valence-corrected chi connectivity index (χ3v) is 6.86. The first-order chi connectivity index (χ1) is 12.5. The molecule has 2 aliphatic rings. The first kappa shape index (κ1) is 19.4. The van der Waals surface area contributed by atoms with E-state index < -0.39 is 5.97 Å². The molecule has 2 atom stereocenters. The molecule has 0 saturated heterocycles. The third-order valence-electron chi connectivity index (χ3n) is 5.87. The van der Waals surface area contributed by atoms with Crippen LogP contribution in [0.25, 0.3) is 0 Å². The van der Waals surface area contributed by atoms with Gasteiger partial charge in [0.2, 0.25) is 0 Å². The molecule has 2 unspecified atom stereocenters. The van der Waals surface area contributed by atoms with E-state index >= 15 is 0 Å². The highest BCUT2D eigenvalue weighted by Crippen LogP contribution is 2.45. The number of ether oxygens (including phenoxy) is 1. The van der Waals surface area contributed by atoms with Gasteiger partial charge < -0.3 is 9.84 Å². The number of carbonyl (C=O) groups is 1. The van der Waals surface area contributed by atoms with E-state index in [0.29, 0.717) is 18.4 Å². The van der Waals surface area contributed by atoms with E-state index in [9.17, 15) is 4.79 Å². The molecule has 0 radical (unpaired) electrons. The minimum absolute atomic E-state index is 0.106. The molecule has 26 heavy (non-hydrogen) atoms. The predicted molar refractivity (Wildman–Crippen MR) is 106 cm³/mol. The molecule has 1 aromatic carbocycles. The molecule has 3 rings (SSSR count). The monoisotopic (exact) mass is 422 g/mol. The molecule has 1 saturated carbocycles. The Morgan fingerprint density at radius 1 is 1.27 bits per heavy atom. The van der Waals surface area contributed by atoms with E-state index in [-0.39, 0.29) is 17.0 Å². The van der Waals surface area contributed by atoms with Crippen LogP contribution in [0.5, 0.6) is 0 Å². The van der Waals surface area contributed by atoms with E-state index in [0.717, 1.165) is 37.8 Å². The van der Waals surface area contributed by atoms with Gasteiger partial charge in [-0.25, -0.2) is 4.79 Å². The zero-order valence-electron chi connectivity index (χ0n) is 15.2. The fourth-order valence-corrected chi connectivity index (χ4v) is 5.26. The number of hydrogen-bond acceptors (Lipinski definition) is 4. The first-order valence-corrected chi connectivity index (χ1v) is 10.2. The lowest BCUT2D eigenvalue weighted by molar-refractivity contribution is -0.142. The smallest absolute Gasteiger partial charge is 0.329 e. The summed E-state index contributed by atoms with van der Waals surface area (Å²) in [5.41, 5.74) is 5.55. The van der Waals surface area contributed by atoms with Gasteiger partial charge in [-0.15, -0.1) is 0 Å². The van der Waals surface area contributed by atoms with Crippen LogP contribution in [0.4, 0.5) is 0 Å². The van der Waals surface area contributed by atoms with E-state index in [1.54, 1.807) is 0 Å². The van der Waals surface area contributed by atoms with Crippen molar-refractivity contribution in [3.63, 3.8) is 0 Å². The molecule has 1 fully saturated rings. The van der Waals surface area contributed by atoms with E-state index in [1.165, 1.54) is 5.56 Å². The molecular formula is C20H27BrN2O3. The molecule has 0 amide bonds. The Labute approximate surface area is 163 Å². The van der Waals surface area contributed by atoms with Crippen molar-refractivity contribution in [1.29, 1.82) is 0 Å². The van der Waals surface area contributed by atoms with Crippen molar-refractivity contribution < 1.29 is 14.6 Å². The van der Waals surface area contributed by atoms with Crippen molar-refractivity contribution in [2.75, 3.05) is 13.2 Å². The zero-order valence-corrected chi connectivity index (χ0v) is 16.7. The Bertz CT molecular complexity index is 644. The van der Waals surface area contributed by atoms with Gasteiger partial charge in [0.15, 0.2) is 0 Å². The summed E-state index contributed by atoms with van der Waals surface area (Å²) < 4.78 is 5.29. The summed E-state index contributed by atoms with van der Waals surface area (Å²) in [5.74, 6) is 0.223. The highest BCUT2D eigenvalue weighted by Gasteiger charge is 2.47. The van der Waals surface area contributed by atoms with Crippen LogP contribution in [-0.4, -0.2) is 35.0 Å². The summed E-state index contributed by atoms with van der Waals surface area (Å²) in [7, 11) is 0. The predicted octanol–water partition coefficient (Wildman–Crippen LogP) is 3.92. The van der Waals surface area contributed by atoms with Crippen molar-refractivity contribution in [3.8, 4) is 0 Å². The second-order valence-electron chi connectivity index (χ2n) is 7.53. The lowest BCUT2D eigenvalue weighted by Gasteiger charge is -2.38. The van der Waals surface area contributed by atoms with Gasteiger partial charge in [0.05, 0.1) is 12.0 Å². The molecule has 1 aromatic rings. The average Bonchev–Trinajstić information content (AvgIpc) is 2.93. The van der Waals surface area contributed by atoms with Gasteiger partial charge in [0.25, 0.3) is 0 Å². The number of halogens is 1. The van der Waals surface area contributed by atoms with E-state index in [2.05, 4.69) is 63.7 Å². The van der Waals surface area contributed by atoms with Crippen LogP contribution in [-0.2, 0) is 14.9 Å². The summed E-state index contributed by atoms with van der Waals surface area (Å²) in [5, 5.41) is 13.2. The standard InChI is InChI=1S/C20H27BrN2O3/c1-14-20(19(21)23-22-14,17-5-3-2-4-6-17)11-15-7-9-16(10-8-15)12-26-13-18(24)25/h2-6,15-16,19,23H,7-13H2,1H3,(H,24,25). The topological polar surface area (TPSA) is 70.9 Å². The number of rotatable bonds is 7. The molecule has 0 spiro atoms. The van der Waals surface area contributed by atoms with Crippen LogP contribution < -0.4 is 5.43 Å². The van der Waals surface area contributed by atoms with Crippen LogP contribution in [0.15, 0.2) is 35.4 Å². The van der Waals surface area contributed by atoms with E-state index in [1.807, 2.05) is 0 Å². The zero-order chi connectivity index (χ0) is 18.6. The SMILES string of the molecule is CC1=NNC(Br)C1(CC1CCC(COCC(=O)O)CC1)c1ccccc1. The Morgan fingerprint density at radius 3 is 2.50 bits per heavy atom. The molecule has 1 aliphatic heterocycles. The number of nitrogens with zero attached hydrogens (tertiary/aromatic N) is 1. The molecule has 6 heteroatoms. The molecule has 142 valence electrons. The number of nitrogens with one attached hydrogen (secondary N) is 1. The molecule has 0 bridgehead atoms. The molecular weight excluding hydrogens is 396 g/mol. The number of hydrogen-bond donors (Lipinski definition) is 2. The quantitative estimate of drug-likeness (QED) is 0.515. The van der Waals surface area contributed by atoms with Crippen molar-refractivity contribution in [1.82, 2.24) is 5.43 Å². The Kier molecular flexibility index (Phi) is 6.35. The summed E-state index contributed by atoms with van der Waals surface area (Å²) >= 11 is 3.82.